The highest BCUT2D eigenvalue weighted by atomic mass is 32.2. The van der Waals surface area contributed by atoms with Gasteiger partial charge in [0.05, 0.1) is 26.1 Å². The Kier molecular flexibility index (Phi) is 39.1. The fourth-order valence-corrected chi connectivity index (χ4v) is 6.79. The summed E-state index contributed by atoms with van der Waals surface area (Å²) in [5, 5.41) is -0.274. The molecule has 0 rings (SSSR count). The molecule has 0 bridgehead atoms. The van der Waals surface area contributed by atoms with Gasteiger partial charge in [-0.1, -0.05) is 135 Å². The van der Waals surface area contributed by atoms with E-state index < -0.39 is 30.5 Å². The van der Waals surface area contributed by atoms with Crippen LogP contribution in [0, 0.1) is 0 Å². The Morgan fingerprint density at radius 2 is 0.900 bits per heavy atom. The van der Waals surface area contributed by atoms with Gasteiger partial charge in [-0.05, 0) is 46.3 Å². The van der Waals surface area contributed by atoms with Gasteiger partial charge < -0.3 is 33.5 Å². The van der Waals surface area contributed by atoms with Crippen LogP contribution in [-0.2, 0) is 47.7 Å². The minimum absolute atomic E-state index is 0.00941. The van der Waals surface area contributed by atoms with Crippen molar-refractivity contribution in [3.8, 4) is 0 Å². The average molecular weight is 871 g/mol. The summed E-state index contributed by atoms with van der Waals surface area (Å²) in [6, 6.07) is 0. The van der Waals surface area contributed by atoms with Crippen LogP contribution in [-0.4, -0.2) is 104 Å². The van der Waals surface area contributed by atoms with Crippen molar-refractivity contribution in [1.29, 1.82) is 0 Å². The Morgan fingerprint density at radius 1 is 0.467 bits per heavy atom. The summed E-state index contributed by atoms with van der Waals surface area (Å²) in [7, 11) is 3.91. The standard InChI is InChI=1S/C46H82N2O11S/c1-6-9-12-15-18-21-24-29-45(53)59-40(38-57-42(50)28-23-20-17-14-11-8-3)39-58-44(52)31-34-48(46(54)60-37-25-32-47(4)5)33-30-43(51)56-36-26-35-55-41(49)27-22-19-16-13-10-7-2/h38H,6-37,39H2,1-5H3/b40-38-. The number of nitrogens with zero attached hydrogens (tertiary/aromatic N) is 2. The third-order valence-corrected chi connectivity index (χ3v) is 10.6. The van der Waals surface area contributed by atoms with E-state index >= 15 is 0 Å². The van der Waals surface area contributed by atoms with Crippen LogP contribution in [0.15, 0.2) is 12.0 Å². The second kappa shape index (κ2) is 41.2. The van der Waals surface area contributed by atoms with Gasteiger partial charge in [0.25, 0.3) is 5.24 Å². The zero-order valence-corrected chi connectivity index (χ0v) is 39.0. The van der Waals surface area contributed by atoms with Crippen LogP contribution in [0.3, 0.4) is 0 Å². The quantitative estimate of drug-likeness (QED) is 0.0248. The molecule has 60 heavy (non-hydrogen) atoms. The third kappa shape index (κ3) is 37.8. The molecular formula is C46H82N2O11S. The Labute approximate surface area is 367 Å². The lowest BCUT2D eigenvalue weighted by atomic mass is 10.1. The molecule has 0 heterocycles. The van der Waals surface area contributed by atoms with Crippen molar-refractivity contribution in [2.24, 2.45) is 0 Å². The van der Waals surface area contributed by atoms with Crippen LogP contribution < -0.4 is 0 Å². The topological polar surface area (TPSA) is 155 Å². The van der Waals surface area contributed by atoms with Crippen molar-refractivity contribution in [2.75, 3.05) is 59.3 Å². The van der Waals surface area contributed by atoms with Crippen molar-refractivity contribution in [3.05, 3.63) is 12.0 Å². The SMILES string of the molecule is CCCCCCCCCC(=O)O/C(=C\OC(=O)CCCCCCCC)COC(=O)CCN(CCC(=O)OCCCOC(=O)CCCCCCCC)C(=O)SCCCN(C)C. The number of hydrogen-bond donors (Lipinski definition) is 0. The van der Waals surface area contributed by atoms with Gasteiger partial charge in [-0.25, -0.2) is 0 Å². The predicted octanol–water partition coefficient (Wildman–Crippen LogP) is 10.5. The number of rotatable bonds is 40. The summed E-state index contributed by atoms with van der Waals surface area (Å²) in [4.78, 5) is 79.2. The first-order valence-electron chi connectivity index (χ1n) is 23.1. The van der Waals surface area contributed by atoms with E-state index in [1.165, 1.54) is 49.8 Å². The van der Waals surface area contributed by atoms with E-state index in [0.717, 1.165) is 95.2 Å². The Balaban J connectivity index is 5.12. The molecule has 0 aromatic rings. The summed E-state index contributed by atoms with van der Waals surface area (Å²) < 4.78 is 26.7. The average Bonchev–Trinajstić information content (AvgIpc) is 3.22. The van der Waals surface area contributed by atoms with Gasteiger partial charge in [0, 0.05) is 44.5 Å². The van der Waals surface area contributed by atoms with Crippen LogP contribution in [0.5, 0.6) is 0 Å². The van der Waals surface area contributed by atoms with Gasteiger partial charge in [0.2, 0.25) is 0 Å². The van der Waals surface area contributed by atoms with Crippen LogP contribution >= 0.6 is 11.8 Å². The van der Waals surface area contributed by atoms with E-state index in [1.54, 1.807) is 0 Å². The predicted molar refractivity (Wildman–Crippen MR) is 238 cm³/mol. The first-order valence-corrected chi connectivity index (χ1v) is 24.1. The second-order valence-corrected chi connectivity index (χ2v) is 16.7. The molecule has 0 unspecified atom stereocenters. The number of carbonyl (C=O) groups excluding carboxylic acids is 6. The number of carbonyl (C=O) groups is 6. The highest BCUT2D eigenvalue weighted by molar-refractivity contribution is 8.13. The van der Waals surface area contributed by atoms with Gasteiger partial charge in [-0.3, -0.25) is 28.8 Å². The largest absolute Gasteiger partial charge is 0.466 e. The molecule has 0 atom stereocenters. The minimum Gasteiger partial charge on any atom is -0.466 e. The van der Waals surface area contributed by atoms with Crippen molar-refractivity contribution in [2.45, 2.75) is 188 Å². The van der Waals surface area contributed by atoms with E-state index in [4.69, 9.17) is 23.7 Å². The zero-order chi connectivity index (χ0) is 44.5. The van der Waals surface area contributed by atoms with Crippen molar-refractivity contribution in [1.82, 2.24) is 9.80 Å². The fraction of sp³-hybridized carbons (Fsp3) is 0.826. The number of thioether (sulfide) groups is 1. The van der Waals surface area contributed by atoms with E-state index in [1.807, 2.05) is 19.0 Å². The van der Waals surface area contributed by atoms with E-state index in [2.05, 4.69) is 20.8 Å². The normalized spacial score (nSPS) is 11.3. The van der Waals surface area contributed by atoms with Crippen LogP contribution in [0.4, 0.5) is 4.79 Å². The lowest BCUT2D eigenvalue weighted by Crippen LogP contribution is -2.33. The first kappa shape index (κ1) is 56.9. The summed E-state index contributed by atoms with van der Waals surface area (Å²) >= 11 is 1.12. The molecule has 0 aliphatic heterocycles. The summed E-state index contributed by atoms with van der Waals surface area (Å²) in [6.45, 7) is 7.13. The van der Waals surface area contributed by atoms with Gasteiger partial charge in [0.15, 0.2) is 12.4 Å². The highest BCUT2D eigenvalue weighted by Gasteiger charge is 2.19. The molecule has 0 saturated heterocycles. The molecule has 0 saturated carbocycles. The number of esters is 5. The lowest BCUT2D eigenvalue weighted by molar-refractivity contribution is -0.148. The summed E-state index contributed by atoms with van der Waals surface area (Å²) in [5.74, 6) is -1.91. The lowest BCUT2D eigenvalue weighted by Gasteiger charge is -2.22. The van der Waals surface area contributed by atoms with Crippen molar-refractivity contribution in [3.63, 3.8) is 0 Å². The smallest absolute Gasteiger partial charge is 0.311 e. The Hall–Kier alpha value is -3.13. The Bertz CT molecular complexity index is 1180. The van der Waals surface area contributed by atoms with Crippen LogP contribution in [0.1, 0.15) is 188 Å². The number of ether oxygens (including phenoxy) is 5. The molecule has 0 N–H and O–H groups in total. The molecule has 0 aliphatic rings. The Morgan fingerprint density at radius 3 is 1.40 bits per heavy atom. The molecule has 0 radical (unpaired) electrons. The fourth-order valence-electron chi connectivity index (χ4n) is 5.98. The van der Waals surface area contributed by atoms with E-state index in [-0.39, 0.29) is 69.0 Å². The molecule has 14 heteroatoms. The maximum absolute atomic E-state index is 13.2. The van der Waals surface area contributed by atoms with Gasteiger partial charge in [-0.15, -0.1) is 0 Å². The summed E-state index contributed by atoms with van der Waals surface area (Å²) in [6.07, 6.45) is 22.6. The molecule has 0 aromatic heterocycles. The van der Waals surface area contributed by atoms with Gasteiger partial charge in [0.1, 0.15) is 6.26 Å². The number of unbranched alkanes of at least 4 members (excludes halogenated alkanes) is 16. The maximum Gasteiger partial charge on any atom is 0.311 e. The van der Waals surface area contributed by atoms with E-state index in [0.29, 0.717) is 31.4 Å². The molecule has 0 aromatic carbocycles. The van der Waals surface area contributed by atoms with Crippen molar-refractivity contribution < 1.29 is 52.5 Å². The van der Waals surface area contributed by atoms with Gasteiger partial charge >= 0.3 is 29.8 Å². The second-order valence-electron chi connectivity index (χ2n) is 15.7. The molecular weight excluding hydrogens is 789 g/mol. The number of hydrogen-bond acceptors (Lipinski definition) is 13. The maximum atomic E-state index is 13.2. The van der Waals surface area contributed by atoms with Gasteiger partial charge in [-0.2, -0.15) is 0 Å². The first-order chi connectivity index (χ1) is 29.0. The highest BCUT2D eigenvalue weighted by Crippen LogP contribution is 2.15. The molecule has 0 fully saturated rings. The molecule has 348 valence electrons. The monoisotopic (exact) mass is 871 g/mol. The van der Waals surface area contributed by atoms with Crippen molar-refractivity contribution >= 4 is 46.8 Å². The third-order valence-electron chi connectivity index (χ3n) is 9.62. The molecule has 1 amide bonds. The molecule has 0 spiro atoms. The molecule has 13 nitrogen and oxygen atoms in total. The van der Waals surface area contributed by atoms with Crippen LogP contribution in [0.25, 0.3) is 0 Å². The number of amides is 1. The zero-order valence-electron chi connectivity index (χ0n) is 38.2. The molecule has 0 aliphatic carbocycles. The minimum atomic E-state index is -0.661. The van der Waals surface area contributed by atoms with E-state index in [9.17, 15) is 28.8 Å². The van der Waals surface area contributed by atoms with Crippen LogP contribution in [0.2, 0.25) is 0 Å². The summed E-state index contributed by atoms with van der Waals surface area (Å²) in [5.41, 5.74) is 0.